The van der Waals surface area contributed by atoms with Gasteiger partial charge in [-0.3, -0.25) is 14.1 Å². The van der Waals surface area contributed by atoms with Gasteiger partial charge in [0.1, 0.15) is 11.7 Å². The summed E-state index contributed by atoms with van der Waals surface area (Å²) in [4.78, 5) is 0. The van der Waals surface area contributed by atoms with Gasteiger partial charge >= 0.3 is 10.4 Å². The predicted molar refractivity (Wildman–Crippen MR) is 68.8 cm³/mol. The van der Waals surface area contributed by atoms with E-state index in [-0.39, 0.29) is 11.9 Å². The monoisotopic (exact) mass is 291 g/mol. The van der Waals surface area contributed by atoms with Crippen molar-refractivity contribution < 1.29 is 21.9 Å². The highest BCUT2D eigenvalue weighted by atomic mass is 32.3. The van der Waals surface area contributed by atoms with Gasteiger partial charge in [0.05, 0.1) is 11.7 Å². The van der Waals surface area contributed by atoms with Gasteiger partial charge < -0.3 is 5.73 Å². The van der Waals surface area contributed by atoms with Crippen LogP contribution in [0.4, 0.5) is 10.1 Å². The third-order valence-corrected chi connectivity index (χ3v) is 2.25. The first kappa shape index (κ1) is 15.3. The molecule has 7 nitrogen and oxygen atoms in total. The molecule has 0 amide bonds. The Morgan fingerprint density at radius 3 is 2.21 bits per heavy atom. The van der Waals surface area contributed by atoms with Gasteiger partial charge in [-0.05, 0) is 31.2 Å². The van der Waals surface area contributed by atoms with Crippen molar-refractivity contribution in [1.82, 2.24) is 0 Å². The first-order valence-electron chi connectivity index (χ1n) is 5.24. The first-order chi connectivity index (χ1) is 8.66. The largest absolute Gasteiger partial charge is 0.394 e. The van der Waals surface area contributed by atoms with Crippen LogP contribution in [0.1, 0.15) is 13.3 Å². The molecule has 0 saturated heterocycles. The lowest BCUT2D eigenvalue weighted by atomic mass is 10.2. The zero-order chi connectivity index (χ0) is 14.6. The van der Waals surface area contributed by atoms with Gasteiger partial charge in [-0.1, -0.05) is 0 Å². The van der Waals surface area contributed by atoms with Crippen molar-refractivity contribution in [2.24, 2.45) is 10.8 Å². The molecule has 4 N–H and O–H groups in total. The minimum Gasteiger partial charge on any atom is -0.386 e. The third-order valence-electron chi connectivity index (χ3n) is 2.25. The van der Waals surface area contributed by atoms with Gasteiger partial charge in [-0.15, -0.1) is 0 Å². The summed E-state index contributed by atoms with van der Waals surface area (Å²) in [5, 5.41) is 5.99. The van der Waals surface area contributed by atoms with E-state index in [1.807, 2.05) is 11.9 Å². The number of anilines is 1. The van der Waals surface area contributed by atoms with Crippen molar-refractivity contribution >= 4 is 21.9 Å². The minimum absolute atomic E-state index is 0.238. The molecule has 0 radical (unpaired) electrons. The molecule has 106 valence electrons. The van der Waals surface area contributed by atoms with Crippen molar-refractivity contribution in [3.63, 3.8) is 0 Å². The van der Waals surface area contributed by atoms with Crippen LogP contribution in [0.3, 0.4) is 0 Å². The SMILES string of the molecule is CC1CC(N)=NN1c1ccc(F)cc1.O=S(=O)(O)O. The maximum atomic E-state index is 12.7. The van der Waals surface area contributed by atoms with E-state index >= 15 is 0 Å². The van der Waals surface area contributed by atoms with E-state index in [4.69, 9.17) is 23.3 Å². The van der Waals surface area contributed by atoms with Crippen LogP contribution in [-0.4, -0.2) is 29.4 Å². The van der Waals surface area contributed by atoms with E-state index in [2.05, 4.69) is 5.10 Å². The minimum atomic E-state index is -4.67. The van der Waals surface area contributed by atoms with Crippen LogP contribution in [0.25, 0.3) is 0 Å². The average molecular weight is 291 g/mol. The van der Waals surface area contributed by atoms with Crippen LogP contribution in [0.2, 0.25) is 0 Å². The Labute approximate surface area is 110 Å². The van der Waals surface area contributed by atoms with Crippen molar-refractivity contribution in [3.05, 3.63) is 30.1 Å². The molecular formula is C10H14FN3O4S. The van der Waals surface area contributed by atoms with Crippen molar-refractivity contribution in [2.75, 3.05) is 5.01 Å². The van der Waals surface area contributed by atoms with Crippen LogP contribution in [-0.2, 0) is 10.4 Å². The van der Waals surface area contributed by atoms with Crippen LogP contribution in [0.15, 0.2) is 29.4 Å². The smallest absolute Gasteiger partial charge is 0.386 e. The van der Waals surface area contributed by atoms with Gasteiger partial charge in [0.25, 0.3) is 0 Å². The Balaban J connectivity index is 0.000000312. The average Bonchev–Trinajstić information content (AvgIpc) is 2.56. The second-order valence-electron chi connectivity index (χ2n) is 3.91. The molecule has 0 fully saturated rings. The van der Waals surface area contributed by atoms with Gasteiger partial charge in [0.2, 0.25) is 0 Å². The van der Waals surface area contributed by atoms with Crippen molar-refractivity contribution in [2.45, 2.75) is 19.4 Å². The molecule has 1 unspecified atom stereocenters. The Morgan fingerprint density at radius 1 is 1.37 bits per heavy atom. The molecule has 0 saturated carbocycles. The first-order valence-corrected chi connectivity index (χ1v) is 6.64. The van der Waals surface area contributed by atoms with Gasteiger partial charge in [0, 0.05) is 6.42 Å². The van der Waals surface area contributed by atoms with Crippen LogP contribution < -0.4 is 10.7 Å². The molecule has 1 aliphatic heterocycles. The molecule has 1 aromatic carbocycles. The molecule has 1 heterocycles. The summed E-state index contributed by atoms with van der Waals surface area (Å²) in [6.07, 6.45) is 0.761. The molecule has 1 aliphatic rings. The highest BCUT2D eigenvalue weighted by Gasteiger charge is 2.21. The Hall–Kier alpha value is -1.71. The maximum absolute atomic E-state index is 12.7. The highest BCUT2D eigenvalue weighted by molar-refractivity contribution is 7.79. The Bertz CT molecular complexity index is 551. The molecule has 19 heavy (non-hydrogen) atoms. The van der Waals surface area contributed by atoms with E-state index in [0.29, 0.717) is 5.84 Å². The lowest BCUT2D eigenvalue weighted by Crippen LogP contribution is -2.22. The van der Waals surface area contributed by atoms with Gasteiger partial charge in [-0.2, -0.15) is 13.5 Å². The standard InChI is InChI=1S/C10H12FN3.H2O4S/c1-7-6-10(12)13-14(7)9-4-2-8(11)3-5-9;1-5(2,3)4/h2-5,7H,6H2,1H3,(H2,12,13);(H2,1,2,3,4). The summed E-state index contributed by atoms with van der Waals surface area (Å²) in [6, 6.07) is 6.50. The van der Waals surface area contributed by atoms with E-state index < -0.39 is 10.4 Å². The second kappa shape index (κ2) is 5.95. The maximum Gasteiger partial charge on any atom is 0.394 e. The molecule has 9 heteroatoms. The number of rotatable bonds is 1. The van der Waals surface area contributed by atoms with Crippen LogP contribution in [0, 0.1) is 5.82 Å². The molecule has 1 aromatic rings. The Morgan fingerprint density at radius 2 is 1.84 bits per heavy atom. The lowest BCUT2D eigenvalue weighted by Gasteiger charge is -2.19. The zero-order valence-electron chi connectivity index (χ0n) is 10.1. The summed E-state index contributed by atoms with van der Waals surface area (Å²) in [5.41, 5.74) is 6.49. The summed E-state index contributed by atoms with van der Waals surface area (Å²) >= 11 is 0. The van der Waals surface area contributed by atoms with Gasteiger partial charge in [0.15, 0.2) is 0 Å². The normalized spacial score (nSPS) is 18.6. The van der Waals surface area contributed by atoms with E-state index in [9.17, 15) is 4.39 Å². The van der Waals surface area contributed by atoms with E-state index in [1.54, 1.807) is 12.1 Å². The van der Waals surface area contributed by atoms with E-state index in [0.717, 1.165) is 12.1 Å². The fraction of sp³-hybridized carbons (Fsp3) is 0.300. The number of hydrogen-bond donors (Lipinski definition) is 3. The fourth-order valence-corrected chi connectivity index (χ4v) is 1.57. The van der Waals surface area contributed by atoms with E-state index in [1.165, 1.54) is 12.1 Å². The molecule has 1 atom stereocenters. The fourth-order valence-electron chi connectivity index (χ4n) is 1.57. The zero-order valence-corrected chi connectivity index (χ0v) is 10.9. The topological polar surface area (TPSA) is 116 Å². The molecule has 0 spiro atoms. The molecule has 2 rings (SSSR count). The predicted octanol–water partition coefficient (Wildman–Crippen LogP) is 1.04. The molecule has 0 aliphatic carbocycles. The number of nitrogens with two attached hydrogens (primary N) is 1. The molecule has 0 bridgehead atoms. The number of hydrogen-bond acceptors (Lipinski definition) is 5. The third kappa shape index (κ3) is 5.64. The summed E-state index contributed by atoms with van der Waals surface area (Å²) in [6.45, 7) is 2.03. The summed E-state index contributed by atoms with van der Waals surface area (Å²) in [5.74, 6) is 0.388. The van der Waals surface area contributed by atoms with Crippen molar-refractivity contribution in [3.8, 4) is 0 Å². The van der Waals surface area contributed by atoms with Crippen molar-refractivity contribution in [1.29, 1.82) is 0 Å². The number of benzene rings is 1. The lowest BCUT2D eigenvalue weighted by molar-refractivity contribution is 0.381. The summed E-state index contributed by atoms with van der Waals surface area (Å²) < 4.78 is 44.3. The van der Waals surface area contributed by atoms with Gasteiger partial charge in [-0.25, -0.2) is 4.39 Å². The number of halogens is 1. The molecular weight excluding hydrogens is 277 g/mol. The number of amidine groups is 1. The van der Waals surface area contributed by atoms with Crippen LogP contribution >= 0.6 is 0 Å². The summed E-state index contributed by atoms with van der Waals surface area (Å²) in [7, 11) is -4.67. The highest BCUT2D eigenvalue weighted by Crippen LogP contribution is 2.23. The van der Waals surface area contributed by atoms with Crippen LogP contribution in [0.5, 0.6) is 0 Å². The second-order valence-corrected chi connectivity index (χ2v) is 4.81. The molecule has 0 aromatic heterocycles. The quantitative estimate of drug-likeness (QED) is 0.666. The number of hydrazone groups is 1. The Kier molecular flexibility index (Phi) is 4.81. The number of nitrogens with zero attached hydrogens (tertiary/aromatic N) is 2.